The van der Waals surface area contributed by atoms with Gasteiger partial charge >= 0.3 is 5.97 Å². The third kappa shape index (κ3) is 2.19. The lowest BCUT2D eigenvalue weighted by Gasteiger charge is -2.25. The lowest BCUT2D eigenvalue weighted by molar-refractivity contribution is -0.139. The Balaban J connectivity index is 1.91. The van der Waals surface area contributed by atoms with Gasteiger partial charge in [0.15, 0.2) is 0 Å². The summed E-state index contributed by atoms with van der Waals surface area (Å²) in [5.41, 5.74) is 0. The summed E-state index contributed by atoms with van der Waals surface area (Å²) in [7, 11) is 0. The molecule has 1 aliphatic carbocycles. The molecule has 0 amide bonds. The Morgan fingerprint density at radius 3 is 2.62 bits per heavy atom. The molecule has 13 heavy (non-hydrogen) atoms. The van der Waals surface area contributed by atoms with Crippen LogP contribution < -0.4 is 0 Å². The van der Waals surface area contributed by atoms with Crippen molar-refractivity contribution < 1.29 is 14.6 Å². The van der Waals surface area contributed by atoms with Crippen molar-refractivity contribution in [3.63, 3.8) is 0 Å². The van der Waals surface area contributed by atoms with Crippen LogP contribution in [0.3, 0.4) is 0 Å². The van der Waals surface area contributed by atoms with E-state index in [-0.39, 0.29) is 6.54 Å². The van der Waals surface area contributed by atoms with E-state index in [1.54, 1.807) is 0 Å². The molecule has 0 aromatic heterocycles. The number of carbonyl (C=O) groups is 1. The van der Waals surface area contributed by atoms with Crippen LogP contribution in [0.2, 0.25) is 0 Å². The maximum absolute atomic E-state index is 10.6. The Kier molecular flexibility index (Phi) is 2.51. The molecule has 0 aromatic rings. The molecule has 4 heteroatoms. The van der Waals surface area contributed by atoms with Crippen LogP contribution in [0.15, 0.2) is 0 Å². The second kappa shape index (κ2) is 3.64. The first kappa shape index (κ1) is 8.97. The van der Waals surface area contributed by atoms with Gasteiger partial charge in [0.25, 0.3) is 0 Å². The van der Waals surface area contributed by atoms with Crippen LogP contribution in [0, 0.1) is 0 Å². The van der Waals surface area contributed by atoms with Gasteiger partial charge in [0, 0.05) is 18.7 Å². The van der Waals surface area contributed by atoms with Crippen LogP contribution >= 0.6 is 0 Å². The fourth-order valence-corrected chi connectivity index (χ4v) is 1.90. The minimum Gasteiger partial charge on any atom is -0.480 e. The zero-order valence-electron chi connectivity index (χ0n) is 7.61. The summed E-state index contributed by atoms with van der Waals surface area (Å²) in [5.74, 6) is -0.723. The zero-order valence-corrected chi connectivity index (χ0v) is 7.61. The fourth-order valence-electron chi connectivity index (χ4n) is 1.90. The van der Waals surface area contributed by atoms with Gasteiger partial charge in [-0.25, -0.2) is 0 Å². The standard InChI is InChI=1S/C9H15NO3/c11-9(12)5-10(7-1-2-7)8-3-4-13-6-8/h7-8H,1-6H2,(H,11,12). The lowest BCUT2D eigenvalue weighted by Crippen LogP contribution is -2.41. The molecule has 0 aromatic carbocycles. The Morgan fingerprint density at radius 2 is 2.15 bits per heavy atom. The SMILES string of the molecule is O=C(O)CN(C1CC1)C1CCOC1. The van der Waals surface area contributed by atoms with Crippen LogP contribution in [-0.2, 0) is 9.53 Å². The summed E-state index contributed by atoms with van der Waals surface area (Å²) in [5, 5.41) is 8.74. The Hall–Kier alpha value is -0.610. The molecule has 2 fully saturated rings. The van der Waals surface area contributed by atoms with Gasteiger partial charge in [-0.2, -0.15) is 0 Å². The molecular formula is C9H15NO3. The minimum atomic E-state index is -0.723. The molecule has 1 aliphatic heterocycles. The van der Waals surface area contributed by atoms with Gasteiger partial charge in [-0.15, -0.1) is 0 Å². The molecule has 1 heterocycles. The highest BCUT2D eigenvalue weighted by Gasteiger charge is 2.36. The highest BCUT2D eigenvalue weighted by Crippen LogP contribution is 2.30. The van der Waals surface area contributed by atoms with E-state index in [1.165, 1.54) is 0 Å². The second-order valence-corrected chi connectivity index (χ2v) is 3.81. The van der Waals surface area contributed by atoms with Crippen molar-refractivity contribution in [1.82, 2.24) is 4.90 Å². The van der Waals surface area contributed by atoms with E-state index in [9.17, 15) is 4.79 Å². The van der Waals surface area contributed by atoms with E-state index < -0.39 is 5.97 Å². The van der Waals surface area contributed by atoms with Gasteiger partial charge in [-0.1, -0.05) is 0 Å². The highest BCUT2D eigenvalue weighted by atomic mass is 16.5. The molecule has 1 saturated carbocycles. The molecule has 74 valence electrons. The molecule has 0 bridgehead atoms. The normalized spacial score (nSPS) is 28.2. The van der Waals surface area contributed by atoms with E-state index in [1.807, 2.05) is 0 Å². The van der Waals surface area contributed by atoms with Crippen LogP contribution in [0.5, 0.6) is 0 Å². The van der Waals surface area contributed by atoms with Crippen molar-refractivity contribution in [2.75, 3.05) is 19.8 Å². The quantitative estimate of drug-likeness (QED) is 0.685. The summed E-state index contributed by atoms with van der Waals surface area (Å²) in [6.07, 6.45) is 3.30. The van der Waals surface area contributed by atoms with Crippen molar-refractivity contribution in [1.29, 1.82) is 0 Å². The van der Waals surface area contributed by atoms with Crippen molar-refractivity contribution >= 4 is 5.97 Å². The van der Waals surface area contributed by atoms with E-state index >= 15 is 0 Å². The van der Waals surface area contributed by atoms with E-state index in [4.69, 9.17) is 9.84 Å². The number of rotatable bonds is 4. The van der Waals surface area contributed by atoms with Gasteiger partial charge in [0.2, 0.25) is 0 Å². The Labute approximate surface area is 77.5 Å². The molecule has 0 radical (unpaired) electrons. The largest absolute Gasteiger partial charge is 0.480 e. The highest BCUT2D eigenvalue weighted by molar-refractivity contribution is 5.69. The topological polar surface area (TPSA) is 49.8 Å². The van der Waals surface area contributed by atoms with E-state index in [0.717, 1.165) is 25.9 Å². The van der Waals surface area contributed by atoms with Crippen molar-refractivity contribution in [3.8, 4) is 0 Å². The molecule has 1 atom stereocenters. The van der Waals surface area contributed by atoms with Crippen molar-refractivity contribution in [2.24, 2.45) is 0 Å². The maximum atomic E-state index is 10.6. The number of carboxylic acids is 1. The number of carboxylic acid groups (broad SMARTS) is 1. The monoisotopic (exact) mass is 185 g/mol. The average molecular weight is 185 g/mol. The summed E-state index contributed by atoms with van der Waals surface area (Å²) in [6, 6.07) is 0.867. The van der Waals surface area contributed by atoms with Gasteiger partial charge in [-0.05, 0) is 19.3 Å². The molecule has 0 spiro atoms. The number of ether oxygens (including phenoxy) is 1. The summed E-state index contributed by atoms with van der Waals surface area (Å²) < 4.78 is 5.26. The Bertz CT molecular complexity index is 197. The average Bonchev–Trinajstić information content (AvgIpc) is 2.77. The smallest absolute Gasteiger partial charge is 0.317 e. The van der Waals surface area contributed by atoms with Gasteiger partial charge < -0.3 is 9.84 Å². The van der Waals surface area contributed by atoms with Gasteiger partial charge in [-0.3, -0.25) is 9.69 Å². The first-order valence-corrected chi connectivity index (χ1v) is 4.82. The van der Waals surface area contributed by atoms with Gasteiger partial charge in [0.1, 0.15) is 0 Å². The summed E-state index contributed by atoms with van der Waals surface area (Å²) in [4.78, 5) is 12.7. The second-order valence-electron chi connectivity index (χ2n) is 3.81. The first-order chi connectivity index (χ1) is 6.27. The molecule has 1 unspecified atom stereocenters. The number of hydrogen-bond acceptors (Lipinski definition) is 3. The van der Waals surface area contributed by atoms with E-state index in [2.05, 4.69) is 4.90 Å². The molecule has 1 saturated heterocycles. The predicted molar refractivity (Wildman–Crippen MR) is 46.6 cm³/mol. The summed E-state index contributed by atoms with van der Waals surface area (Å²) in [6.45, 7) is 1.68. The van der Waals surface area contributed by atoms with Crippen molar-refractivity contribution in [2.45, 2.75) is 31.3 Å². The first-order valence-electron chi connectivity index (χ1n) is 4.82. The number of nitrogens with zero attached hydrogens (tertiary/aromatic N) is 1. The van der Waals surface area contributed by atoms with E-state index in [0.29, 0.717) is 18.7 Å². The minimum absolute atomic E-state index is 0.179. The fraction of sp³-hybridized carbons (Fsp3) is 0.889. The Morgan fingerprint density at radius 1 is 1.38 bits per heavy atom. The molecule has 4 nitrogen and oxygen atoms in total. The third-order valence-electron chi connectivity index (χ3n) is 2.71. The van der Waals surface area contributed by atoms with Gasteiger partial charge in [0.05, 0.1) is 13.2 Å². The maximum Gasteiger partial charge on any atom is 0.317 e. The predicted octanol–water partition coefficient (Wildman–Crippen LogP) is 0.324. The van der Waals surface area contributed by atoms with Crippen molar-refractivity contribution in [3.05, 3.63) is 0 Å². The number of aliphatic carboxylic acids is 1. The summed E-state index contributed by atoms with van der Waals surface area (Å²) >= 11 is 0. The van der Waals surface area contributed by atoms with Crippen LogP contribution in [0.4, 0.5) is 0 Å². The zero-order chi connectivity index (χ0) is 9.26. The lowest BCUT2D eigenvalue weighted by atomic mass is 10.2. The molecule has 2 aliphatic rings. The molecule has 2 rings (SSSR count). The molecule has 1 N–H and O–H groups in total. The van der Waals surface area contributed by atoms with Crippen LogP contribution in [0.1, 0.15) is 19.3 Å². The van der Waals surface area contributed by atoms with Crippen LogP contribution in [-0.4, -0.2) is 47.8 Å². The number of hydrogen-bond donors (Lipinski definition) is 1. The van der Waals surface area contributed by atoms with Crippen LogP contribution in [0.25, 0.3) is 0 Å². The third-order valence-corrected chi connectivity index (χ3v) is 2.71. The molecular weight excluding hydrogens is 170 g/mol.